The Morgan fingerprint density at radius 3 is 2.70 bits per heavy atom. The van der Waals surface area contributed by atoms with E-state index in [1.807, 2.05) is 6.08 Å². The van der Waals surface area contributed by atoms with Crippen molar-refractivity contribution in [3.8, 4) is 0 Å². The molecule has 0 spiro atoms. The first-order valence-corrected chi connectivity index (χ1v) is 8.87. The summed E-state index contributed by atoms with van der Waals surface area (Å²) in [5.41, 5.74) is 8.24. The quantitative estimate of drug-likeness (QED) is 0.347. The lowest BCUT2D eigenvalue weighted by atomic mass is 9.97. The first kappa shape index (κ1) is 19.6. The van der Waals surface area contributed by atoms with Crippen LogP contribution >= 0.6 is 0 Å². The smallest absolute Gasteiger partial charge is 0.354 e. The van der Waals surface area contributed by atoms with Crippen molar-refractivity contribution in [2.75, 3.05) is 26.4 Å². The second-order valence-electron chi connectivity index (χ2n) is 5.84. The Morgan fingerprint density at radius 1 is 1.17 bits per heavy atom. The van der Waals surface area contributed by atoms with Gasteiger partial charge in [-0.15, -0.1) is 0 Å². The fourth-order valence-electron chi connectivity index (χ4n) is 2.35. The Morgan fingerprint density at radius 2 is 1.96 bits per heavy atom. The van der Waals surface area contributed by atoms with E-state index in [9.17, 15) is 4.79 Å². The SMILES string of the molecule is CCCCNC1=C/C(=C(/N)C(=O)OCCOCCCC)CCC1. The Labute approximate surface area is 140 Å². The Bertz CT molecular complexity index is 416. The number of carbonyl (C=O) groups is 1. The highest BCUT2D eigenvalue weighted by Crippen LogP contribution is 2.22. The molecule has 0 radical (unpaired) electrons. The molecule has 1 aliphatic rings. The maximum atomic E-state index is 12.0. The zero-order chi connectivity index (χ0) is 16.9. The highest BCUT2D eigenvalue weighted by atomic mass is 16.6. The number of rotatable bonds is 11. The third-order valence-electron chi connectivity index (χ3n) is 3.79. The summed E-state index contributed by atoms with van der Waals surface area (Å²) in [5, 5.41) is 3.42. The molecule has 0 unspecified atom stereocenters. The first-order valence-electron chi connectivity index (χ1n) is 8.87. The van der Waals surface area contributed by atoms with Crippen molar-refractivity contribution in [1.29, 1.82) is 0 Å². The molecule has 0 aromatic carbocycles. The van der Waals surface area contributed by atoms with Gasteiger partial charge in [0, 0.05) is 18.8 Å². The van der Waals surface area contributed by atoms with Crippen molar-refractivity contribution in [1.82, 2.24) is 5.32 Å². The van der Waals surface area contributed by atoms with Crippen LogP contribution in [0.5, 0.6) is 0 Å². The standard InChI is InChI=1S/C18H32N2O3/c1-3-5-10-20-16-9-7-8-15(14-16)17(19)18(21)23-13-12-22-11-6-4-2/h14,20H,3-13,19H2,1-2H3/b17-15+. The van der Waals surface area contributed by atoms with E-state index in [0.717, 1.165) is 57.1 Å². The molecule has 5 nitrogen and oxygen atoms in total. The van der Waals surface area contributed by atoms with Gasteiger partial charge in [-0.25, -0.2) is 4.79 Å². The number of esters is 1. The van der Waals surface area contributed by atoms with Crippen molar-refractivity contribution < 1.29 is 14.3 Å². The van der Waals surface area contributed by atoms with Gasteiger partial charge in [-0.1, -0.05) is 26.7 Å². The van der Waals surface area contributed by atoms with E-state index < -0.39 is 5.97 Å². The van der Waals surface area contributed by atoms with Crippen LogP contribution in [0.25, 0.3) is 0 Å². The van der Waals surface area contributed by atoms with Crippen molar-refractivity contribution in [2.24, 2.45) is 5.73 Å². The van der Waals surface area contributed by atoms with E-state index in [1.165, 1.54) is 5.70 Å². The third-order valence-corrected chi connectivity index (χ3v) is 3.79. The lowest BCUT2D eigenvalue weighted by Crippen LogP contribution is -2.22. The van der Waals surface area contributed by atoms with E-state index in [1.54, 1.807) is 0 Å². The summed E-state index contributed by atoms with van der Waals surface area (Å²) < 4.78 is 10.5. The van der Waals surface area contributed by atoms with Gasteiger partial charge in [0.1, 0.15) is 12.3 Å². The molecule has 0 fully saturated rings. The van der Waals surface area contributed by atoms with E-state index in [-0.39, 0.29) is 12.3 Å². The molecule has 0 aromatic rings. The summed E-state index contributed by atoms with van der Waals surface area (Å²) in [4.78, 5) is 12.0. The van der Waals surface area contributed by atoms with Crippen LogP contribution in [0.1, 0.15) is 58.8 Å². The molecule has 0 bridgehead atoms. The predicted molar refractivity (Wildman–Crippen MR) is 92.7 cm³/mol. The molecular formula is C18H32N2O3. The maximum Gasteiger partial charge on any atom is 0.354 e. The maximum absolute atomic E-state index is 12.0. The lowest BCUT2D eigenvalue weighted by Gasteiger charge is -2.18. The molecule has 0 saturated heterocycles. The average molecular weight is 324 g/mol. The highest BCUT2D eigenvalue weighted by molar-refractivity contribution is 5.88. The molecule has 0 amide bonds. The largest absolute Gasteiger partial charge is 0.459 e. The minimum absolute atomic E-state index is 0.230. The number of hydrogen-bond donors (Lipinski definition) is 2. The normalized spacial score (nSPS) is 16.7. The molecular weight excluding hydrogens is 292 g/mol. The molecule has 0 saturated carbocycles. The molecule has 0 atom stereocenters. The van der Waals surface area contributed by atoms with Gasteiger partial charge in [0.15, 0.2) is 0 Å². The second-order valence-corrected chi connectivity index (χ2v) is 5.84. The molecule has 23 heavy (non-hydrogen) atoms. The second kappa shape index (κ2) is 12.0. The van der Waals surface area contributed by atoms with Crippen LogP contribution in [0.2, 0.25) is 0 Å². The number of nitrogens with two attached hydrogens (primary N) is 1. The Kier molecular flexibility index (Phi) is 10.2. The minimum Gasteiger partial charge on any atom is -0.459 e. The molecule has 5 heteroatoms. The summed E-state index contributed by atoms with van der Waals surface area (Å²) in [6, 6.07) is 0. The van der Waals surface area contributed by atoms with Gasteiger partial charge >= 0.3 is 5.97 Å². The number of ether oxygens (including phenoxy) is 2. The van der Waals surface area contributed by atoms with Crippen molar-refractivity contribution >= 4 is 5.97 Å². The van der Waals surface area contributed by atoms with Crippen LogP contribution in [0.4, 0.5) is 0 Å². The fourth-order valence-corrected chi connectivity index (χ4v) is 2.35. The predicted octanol–water partition coefficient (Wildman–Crippen LogP) is 3.02. The van der Waals surface area contributed by atoms with E-state index >= 15 is 0 Å². The van der Waals surface area contributed by atoms with Crippen LogP contribution in [-0.2, 0) is 14.3 Å². The average Bonchev–Trinajstić information content (AvgIpc) is 2.57. The van der Waals surface area contributed by atoms with Crippen LogP contribution in [0, 0.1) is 0 Å². The van der Waals surface area contributed by atoms with Gasteiger partial charge in [0.05, 0.1) is 6.61 Å². The molecule has 132 valence electrons. The molecule has 0 aliphatic heterocycles. The van der Waals surface area contributed by atoms with Crippen molar-refractivity contribution in [2.45, 2.75) is 58.8 Å². The van der Waals surface area contributed by atoms with Crippen LogP contribution in [0.3, 0.4) is 0 Å². The minimum atomic E-state index is -0.440. The molecule has 1 rings (SSSR count). The van der Waals surface area contributed by atoms with Crippen LogP contribution in [-0.4, -0.2) is 32.3 Å². The molecule has 0 aromatic heterocycles. The Balaban J connectivity index is 2.42. The van der Waals surface area contributed by atoms with Gasteiger partial charge in [-0.05, 0) is 43.8 Å². The van der Waals surface area contributed by atoms with Gasteiger partial charge in [0.25, 0.3) is 0 Å². The molecule has 3 N–H and O–H groups in total. The van der Waals surface area contributed by atoms with Crippen molar-refractivity contribution in [3.05, 3.63) is 23.0 Å². The summed E-state index contributed by atoms with van der Waals surface area (Å²) in [6.07, 6.45) is 9.29. The number of nitrogens with one attached hydrogen (secondary N) is 1. The van der Waals surface area contributed by atoms with Crippen LogP contribution in [0.15, 0.2) is 23.0 Å². The van der Waals surface area contributed by atoms with Crippen molar-refractivity contribution in [3.63, 3.8) is 0 Å². The Hall–Kier alpha value is -1.49. The summed E-state index contributed by atoms with van der Waals surface area (Å²) in [7, 11) is 0. The summed E-state index contributed by atoms with van der Waals surface area (Å²) >= 11 is 0. The number of unbranched alkanes of at least 4 members (excludes halogenated alkanes) is 2. The van der Waals surface area contributed by atoms with Gasteiger partial charge < -0.3 is 20.5 Å². The number of carbonyl (C=O) groups excluding carboxylic acids is 1. The molecule has 1 aliphatic carbocycles. The van der Waals surface area contributed by atoms with E-state index in [2.05, 4.69) is 19.2 Å². The van der Waals surface area contributed by atoms with Gasteiger partial charge in [-0.2, -0.15) is 0 Å². The van der Waals surface area contributed by atoms with Gasteiger partial charge in [0.2, 0.25) is 0 Å². The third kappa shape index (κ3) is 8.07. The summed E-state index contributed by atoms with van der Waals surface area (Å²) in [6.45, 7) is 6.63. The lowest BCUT2D eigenvalue weighted by molar-refractivity contribution is -0.140. The van der Waals surface area contributed by atoms with E-state index in [4.69, 9.17) is 15.2 Å². The van der Waals surface area contributed by atoms with E-state index in [0.29, 0.717) is 13.2 Å². The number of allylic oxidation sites excluding steroid dienone is 3. The monoisotopic (exact) mass is 324 g/mol. The highest BCUT2D eigenvalue weighted by Gasteiger charge is 2.16. The number of hydrogen-bond acceptors (Lipinski definition) is 5. The zero-order valence-electron chi connectivity index (χ0n) is 14.7. The summed E-state index contributed by atoms with van der Waals surface area (Å²) in [5.74, 6) is -0.440. The topological polar surface area (TPSA) is 73.6 Å². The van der Waals surface area contributed by atoms with Gasteiger partial charge in [-0.3, -0.25) is 0 Å². The van der Waals surface area contributed by atoms with Crippen LogP contribution < -0.4 is 11.1 Å². The molecule has 0 heterocycles. The first-order chi connectivity index (χ1) is 11.2. The fraction of sp³-hybridized carbons (Fsp3) is 0.722. The zero-order valence-corrected chi connectivity index (χ0v) is 14.7.